The molecule has 1 aliphatic rings. The van der Waals surface area contributed by atoms with Crippen LogP contribution in [0.2, 0.25) is 0 Å². The molecule has 1 aliphatic heterocycles. The topological polar surface area (TPSA) is 45.6 Å². The molecule has 0 spiro atoms. The van der Waals surface area contributed by atoms with Gasteiger partial charge in [-0.15, -0.1) is 22.9 Å². The first-order chi connectivity index (χ1) is 12.6. The first-order valence-corrected chi connectivity index (χ1v) is 10.3. The van der Waals surface area contributed by atoms with Crippen LogP contribution >= 0.6 is 22.9 Å². The Kier molecular flexibility index (Phi) is 6.04. The van der Waals surface area contributed by atoms with Crippen molar-refractivity contribution < 1.29 is 9.59 Å². The number of rotatable bonds is 5. The van der Waals surface area contributed by atoms with E-state index < -0.39 is 0 Å². The minimum absolute atomic E-state index is 0.00323. The van der Waals surface area contributed by atoms with E-state index in [9.17, 15) is 9.59 Å². The van der Waals surface area contributed by atoms with Gasteiger partial charge in [0.05, 0.1) is 0 Å². The highest BCUT2D eigenvalue weighted by molar-refractivity contribution is 7.16. The summed E-state index contributed by atoms with van der Waals surface area (Å²) >= 11 is 7.34. The van der Waals surface area contributed by atoms with Crippen LogP contribution in [0.5, 0.6) is 0 Å². The van der Waals surface area contributed by atoms with Gasteiger partial charge in [0, 0.05) is 49.9 Å². The van der Waals surface area contributed by atoms with E-state index in [4.69, 9.17) is 11.6 Å². The monoisotopic (exact) mass is 393 g/mol. The zero-order valence-corrected chi connectivity index (χ0v) is 16.7. The number of halogens is 1. The van der Waals surface area contributed by atoms with Gasteiger partial charge in [-0.1, -0.05) is 12.2 Å². The van der Waals surface area contributed by atoms with Crippen LogP contribution in [0.3, 0.4) is 0 Å². The Hall–Kier alpha value is -1.79. The van der Waals surface area contributed by atoms with Gasteiger partial charge in [-0.3, -0.25) is 9.59 Å². The molecule has 1 fully saturated rings. The highest BCUT2D eigenvalue weighted by atomic mass is 35.5. The summed E-state index contributed by atoms with van der Waals surface area (Å²) in [6, 6.07) is 4.03. The minimum Gasteiger partial charge on any atom is -0.336 e. The van der Waals surface area contributed by atoms with Gasteiger partial charge in [0.15, 0.2) is 0 Å². The van der Waals surface area contributed by atoms with E-state index in [1.807, 2.05) is 41.9 Å². The molecule has 2 amide bonds. The molecule has 0 aromatic carbocycles. The average molecular weight is 394 g/mol. The maximum Gasteiger partial charge on any atom is 0.270 e. The van der Waals surface area contributed by atoms with Crippen molar-refractivity contribution >= 4 is 45.0 Å². The highest BCUT2D eigenvalue weighted by Gasteiger charge is 2.31. The Morgan fingerprint density at radius 2 is 2.19 bits per heavy atom. The Balaban J connectivity index is 1.79. The molecule has 2 aromatic heterocycles. The minimum atomic E-state index is 0.00323. The average Bonchev–Trinajstić information content (AvgIpc) is 3.20. The first-order valence-electron chi connectivity index (χ1n) is 8.89. The fourth-order valence-electron chi connectivity index (χ4n) is 3.44. The third-order valence-corrected chi connectivity index (χ3v) is 5.93. The van der Waals surface area contributed by atoms with Crippen LogP contribution in [0.1, 0.15) is 30.8 Å². The first kappa shape index (κ1) is 19.0. The second-order valence-electron chi connectivity index (χ2n) is 6.52. The predicted octanol–water partition coefficient (Wildman–Crippen LogP) is 3.58. The standard InChI is InChI=1S/C19H24ClN3O2S/c1-3-4-8-23-16(12-15-6-11-26-19(15)23)18(25)21-9-10-22(14(2)13-21)17(24)5-7-20/h3-4,6,11-12,14H,5,7-10,13H2,1-2H3/b4-3-/t14-/m1/s1. The quantitative estimate of drug-likeness (QED) is 0.575. The van der Waals surface area contributed by atoms with Crippen LogP contribution in [-0.4, -0.2) is 57.7 Å². The number of carbonyl (C=O) groups is 2. The van der Waals surface area contributed by atoms with Crippen molar-refractivity contribution in [1.82, 2.24) is 14.4 Å². The zero-order chi connectivity index (χ0) is 18.7. The lowest BCUT2D eigenvalue weighted by atomic mass is 10.1. The number of piperazine rings is 1. The van der Waals surface area contributed by atoms with Gasteiger partial charge in [0.1, 0.15) is 10.5 Å². The van der Waals surface area contributed by atoms with Crippen molar-refractivity contribution in [2.45, 2.75) is 32.9 Å². The molecule has 2 aromatic rings. The number of hydrogen-bond acceptors (Lipinski definition) is 3. The van der Waals surface area contributed by atoms with Crippen LogP contribution in [-0.2, 0) is 11.3 Å². The molecule has 7 heteroatoms. The summed E-state index contributed by atoms with van der Waals surface area (Å²) in [6.07, 6.45) is 4.40. The van der Waals surface area contributed by atoms with Crippen molar-refractivity contribution in [3.8, 4) is 0 Å². The molecule has 0 aliphatic carbocycles. The molecular formula is C19H24ClN3O2S. The molecule has 140 valence electrons. The lowest BCUT2D eigenvalue weighted by Crippen LogP contribution is -2.55. The van der Waals surface area contributed by atoms with E-state index in [0.717, 1.165) is 15.9 Å². The molecule has 0 saturated carbocycles. The number of thiophene rings is 1. The summed E-state index contributed by atoms with van der Waals surface area (Å²) in [5.41, 5.74) is 0.720. The number of amides is 2. The third-order valence-electron chi connectivity index (χ3n) is 4.79. The van der Waals surface area contributed by atoms with Crippen LogP contribution in [0.25, 0.3) is 10.2 Å². The largest absolute Gasteiger partial charge is 0.336 e. The van der Waals surface area contributed by atoms with Gasteiger partial charge < -0.3 is 14.4 Å². The molecule has 1 atom stereocenters. The van der Waals surface area contributed by atoms with Crippen LogP contribution in [0.4, 0.5) is 0 Å². The number of fused-ring (bicyclic) bond motifs is 1. The Labute approximate surface area is 162 Å². The van der Waals surface area contributed by atoms with Gasteiger partial charge >= 0.3 is 0 Å². The number of allylic oxidation sites excluding steroid dienone is 2. The van der Waals surface area contributed by atoms with Gasteiger partial charge in [-0.25, -0.2) is 0 Å². The summed E-state index contributed by atoms with van der Waals surface area (Å²) in [6.45, 7) is 6.32. The summed E-state index contributed by atoms with van der Waals surface area (Å²) < 4.78 is 2.08. The van der Waals surface area contributed by atoms with E-state index >= 15 is 0 Å². The molecule has 1 saturated heterocycles. The molecule has 5 nitrogen and oxygen atoms in total. The summed E-state index contributed by atoms with van der Waals surface area (Å²) in [5, 5.41) is 3.15. The number of aromatic nitrogens is 1. The van der Waals surface area contributed by atoms with Crippen LogP contribution in [0, 0.1) is 0 Å². The normalized spacial score (nSPS) is 18.2. The van der Waals surface area contributed by atoms with E-state index in [1.54, 1.807) is 11.3 Å². The van der Waals surface area contributed by atoms with Gasteiger partial charge in [-0.2, -0.15) is 0 Å². The lowest BCUT2D eigenvalue weighted by Gasteiger charge is -2.40. The van der Waals surface area contributed by atoms with E-state index in [-0.39, 0.29) is 17.9 Å². The van der Waals surface area contributed by atoms with Crippen molar-refractivity contribution in [3.63, 3.8) is 0 Å². The Bertz CT molecular complexity index is 826. The van der Waals surface area contributed by atoms with Crippen LogP contribution < -0.4 is 0 Å². The fraction of sp³-hybridized carbons (Fsp3) is 0.474. The fourth-order valence-corrected chi connectivity index (χ4v) is 4.51. The van der Waals surface area contributed by atoms with E-state index in [1.165, 1.54) is 0 Å². The predicted molar refractivity (Wildman–Crippen MR) is 107 cm³/mol. The van der Waals surface area contributed by atoms with Gasteiger partial charge in [0.25, 0.3) is 5.91 Å². The van der Waals surface area contributed by atoms with Crippen molar-refractivity contribution in [2.24, 2.45) is 0 Å². The zero-order valence-electron chi connectivity index (χ0n) is 15.2. The van der Waals surface area contributed by atoms with Gasteiger partial charge in [0.2, 0.25) is 5.91 Å². The maximum absolute atomic E-state index is 13.2. The molecule has 0 N–H and O–H groups in total. The second-order valence-corrected chi connectivity index (χ2v) is 7.79. The summed E-state index contributed by atoms with van der Waals surface area (Å²) in [7, 11) is 0. The molecule has 26 heavy (non-hydrogen) atoms. The SMILES string of the molecule is C/C=C\Cn1c(C(=O)N2CCN(C(=O)CCCl)[C@H](C)C2)cc2ccsc21. The second kappa shape index (κ2) is 8.27. The van der Waals surface area contributed by atoms with Crippen molar-refractivity contribution in [2.75, 3.05) is 25.5 Å². The van der Waals surface area contributed by atoms with Crippen molar-refractivity contribution in [3.05, 3.63) is 35.4 Å². The summed E-state index contributed by atoms with van der Waals surface area (Å²) in [5.74, 6) is 0.436. The van der Waals surface area contributed by atoms with Crippen LogP contribution in [0.15, 0.2) is 29.7 Å². The Morgan fingerprint density at radius 1 is 1.38 bits per heavy atom. The molecular weight excluding hydrogens is 370 g/mol. The number of hydrogen-bond donors (Lipinski definition) is 0. The molecule has 3 rings (SSSR count). The molecule has 0 radical (unpaired) electrons. The molecule has 0 bridgehead atoms. The smallest absolute Gasteiger partial charge is 0.270 e. The third kappa shape index (κ3) is 3.67. The maximum atomic E-state index is 13.2. The molecule has 0 unspecified atom stereocenters. The highest BCUT2D eigenvalue weighted by Crippen LogP contribution is 2.27. The lowest BCUT2D eigenvalue weighted by molar-refractivity contribution is -0.134. The van der Waals surface area contributed by atoms with E-state index in [2.05, 4.69) is 16.0 Å². The number of alkyl halides is 1. The Morgan fingerprint density at radius 3 is 2.88 bits per heavy atom. The number of carbonyl (C=O) groups excluding carboxylic acids is 2. The summed E-state index contributed by atoms with van der Waals surface area (Å²) in [4.78, 5) is 30.1. The molecule has 3 heterocycles. The van der Waals surface area contributed by atoms with Crippen molar-refractivity contribution in [1.29, 1.82) is 0 Å². The number of nitrogens with zero attached hydrogens (tertiary/aromatic N) is 3. The van der Waals surface area contributed by atoms with Gasteiger partial charge in [-0.05, 0) is 31.4 Å². The van der Waals surface area contributed by atoms with E-state index in [0.29, 0.717) is 38.5 Å².